The van der Waals surface area contributed by atoms with Gasteiger partial charge in [-0.3, -0.25) is 0 Å². The molecule has 7 nitrogen and oxygen atoms in total. The normalized spacial score (nSPS) is 14.2. The van der Waals surface area contributed by atoms with Crippen LogP contribution >= 0.6 is 0 Å². The van der Waals surface area contributed by atoms with E-state index in [1.807, 2.05) is 0 Å². The molecule has 0 fully saturated rings. The molecule has 182 valence electrons. The fourth-order valence-electron chi connectivity index (χ4n) is 3.04. The topological polar surface area (TPSA) is 74.3 Å². The molecule has 1 heterocycles. The van der Waals surface area contributed by atoms with Crippen molar-refractivity contribution in [1.82, 2.24) is 0 Å². The third-order valence-electron chi connectivity index (χ3n) is 4.59. The molecule has 0 N–H and O–H groups in total. The van der Waals surface area contributed by atoms with Crippen LogP contribution in [0.3, 0.4) is 0 Å². The molecule has 1 aliphatic rings. The fourth-order valence-corrected chi connectivity index (χ4v) is 3.04. The van der Waals surface area contributed by atoms with Gasteiger partial charge >= 0.3 is 18.1 Å². The van der Waals surface area contributed by atoms with E-state index in [0.29, 0.717) is 0 Å². The zero-order valence-corrected chi connectivity index (χ0v) is 17.5. The predicted molar refractivity (Wildman–Crippen MR) is 102 cm³/mol. The molecule has 0 bridgehead atoms. The van der Waals surface area contributed by atoms with Gasteiger partial charge in [-0.15, -0.1) is 0 Å². The van der Waals surface area contributed by atoms with Crippen LogP contribution in [0.15, 0.2) is 41.6 Å². The van der Waals surface area contributed by atoms with Crippen LogP contribution in [0.2, 0.25) is 0 Å². The maximum Gasteiger partial charge on any atom is 0.416 e. The standard InChI is InChI=1S/C21H15F6NO6/c1-31-19(29)12-8-33-9-28(17(12)20(30)32-2)16-7-11(3-4-13(16)22)34-18-14(23)5-10(6-15(18)24)21(25,26)27/h3-7H,8-9H2,1-2H3. The van der Waals surface area contributed by atoms with Gasteiger partial charge < -0.3 is 23.8 Å². The number of halogens is 6. The lowest BCUT2D eigenvalue weighted by Gasteiger charge is -2.31. The first-order chi connectivity index (χ1) is 16.0. The Balaban J connectivity index is 2.05. The lowest BCUT2D eigenvalue weighted by atomic mass is 10.1. The second-order valence-electron chi connectivity index (χ2n) is 6.70. The Morgan fingerprint density at radius 1 is 0.941 bits per heavy atom. The van der Waals surface area contributed by atoms with Crippen molar-refractivity contribution >= 4 is 17.6 Å². The van der Waals surface area contributed by atoms with Crippen LogP contribution in [0.5, 0.6) is 11.5 Å². The molecule has 2 aromatic rings. The Kier molecular flexibility index (Phi) is 7.05. The molecule has 0 atom stereocenters. The minimum Gasteiger partial charge on any atom is -0.466 e. The van der Waals surface area contributed by atoms with Crippen molar-refractivity contribution in [1.29, 1.82) is 0 Å². The third kappa shape index (κ3) is 4.93. The maximum absolute atomic E-state index is 14.7. The SMILES string of the molecule is COC(=O)C1=C(C(=O)OC)N(c2cc(Oc3c(F)cc(C(F)(F)F)cc3F)ccc2F)COC1. The molecule has 0 amide bonds. The first-order valence-electron chi connectivity index (χ1n) is 9.26. The molecule has 34 heavy (non-hydrogen) atoms. The van der Waals surface area contributed by atoms with E-state index >= 15 is 0 Å². The summed E-state index contributed by atoms with van der Waals surface area (Å²) >= 11 is 0. The van der Waals surface area contributed by atoms with Crippen LogP contribution in [-0.2, 0) is 30.0 Å². The Bertz CT molecular complexity index is 1140. The van der Waals surface area contributed by atoms with Gasteiger partial charge in [-0.1, -0.05) is 0 Å². The van der Waals surface area contributed by atoms with E-state index in [1.165, 1.54) is 0 Å². The van der Waals surface area contributed by atoms with Crippen molar-refractivity contribution < 1.29 is 54.9 Å². The highest BCUT2D eigenvalue weighted by Gasteiger charge is 2.35. The number of hydrogen-bond donors (Lipinski definition) is 0. The molecule has 0 radical (unpaired) electrons. The molecule has 0 unspecified atom stereocenters. The summed E-state index contributed by atoms with van der Waals surface area (Å²) in [6, 6.07) is 2.75. The van der Waals surface area contributed by atoms with E-state index in [-0.39, 0.29) is 24.3 Å². The lowest BCUT2D eigenvalue weighted by molar-refractivity contribution is -0.140. The number of esters is 2. The van der Waals surface area contributed by atoms with Crippen LogP contribution < -0.4 is 9.64 Å². The average Bonchev–Trinajstić information content (AvgIpc) is 2.80. The number of nitrogens with zero attached hydrogens (tertiary/aromatic N) is 1. The molecule has 0 aromatic heterocycles. The molecular weight excluding hydrogens is 476 g/mol. The van der Waals surface area contributed by atoms with Crippen LogP contribution in [0.25, 0.3) is 0 Å². The molecule has 3 rings (SSSR count). The number of carbonyl (C=O) groups is 2. The first-order valence-corrected chi connectivity index (χ1v) is 9.26. The number of methoxy groups -OCH3 is 2. The average molecular weight is 491 g/mol. The zero-order chi connectivity index (χ0) is 25.2. The summed E-state index contributed by atoms with van der Waals surface area (Å²) in [5.74, 6) is -7.81. The highest BCUT2D eigenvalue weighted by atomic mass is 19.4. The summed E-state index contributed by atoms with van der Waals surface area (Å²) < 4.78 is 101. The minimum atomic E-state index is -4.99. The first kappa shape index (κ1) is 24.9. The third-order valence-corrected chi connectivity index (χ3v) is 4.59. The Labute approximate surface area is 188 Å². The second kappa shape index (κ2) is 9.63. The molecule has 0 saturated carbocycles. The van der Waals surface area contributed by atoms with E-state index in [1.54, 1.807) is 0 Å². The van der Waals surface area contributed by atoms with Crippen molar-refractivity contribution in [2.24, 2.45) is 0 Å². The molecule has 0 saturated heterocycles. The van der Waals surface area contributed by atoms with E-state index in [4.69, 9.17) is 9.47 Å². The maximum atomic E-state index is 14.7. The Morgan fingerprint density at radius 3 is 2.12 bits per heavy atom. The molecule has 0 aliphatic carbocycles. The molecule has 13 heteroatoms. The second-order valence-corrected chi connectivity index (χ2v) is 6.70. The van der Waals surface area contributed by atoms with Crippen molar-refractivity contribution in [2.45, 2.75) is 6.18 Å². The van der Waals surface area contributed by atoms with Gasteiger partial charge in [0.15, 0.2) is 17.4 Å². The van der Waals surface area contributed by atoms with Gasteiger partial charge in [0.1, 0.15) is 24.0 Å². The number of alkyl halides is 3. The summed E-state index contributed by atoms with van der Waals surface area (Å²) in [4.78, 5) is 25.3. The van der Waals surface area contributed by atoms with Gasteiger partial charge in [0.05, 0.1) is 37.7 Å². The van der Waals surface area contributed by atoms with Gasteiger partial charge in [-0.25, -0.2) is 22.8 Å². The predicted octanol–water partition coefficient (Wildman–Crippen LogP) is 4.31. The number of rotatable bonds is 5. The molecule has 2 aromatic carbocycles. The molecular formula is C21H15F6NO6. The number of carbonyl (C=O) groups excluding carboxylic acids is 2. The smallest absolute Gasteiger partial charge is 0.416 e. The van der Waals surface area contributed by atoms with Gasteiger partial charge in [0, 0.05) is 6.07 Å². The monoisotopic (exact) mass is 491 g/mol. The Hall–Kier alpha value is -3.74. The van der Waals surface area contributed by atoms with Crippen LogP contribution in [0, 0.1) is 17.5 Å². The van der Waals surface area contributed by atoms with Gasteiger partial charge in [0.2, 0.25) is 0 Å². The van der Waals surface area contributed by atoms with Crippen LogP contribution in [0.1, 0.15) is 5.56 Å². The van der Waals surface area contributed by atoms with Crippen molar-refractivity contribution in [2.75, 3.05) is 32.5 Å². The van der Waals surface area contributed by atoms with Crippen molar-refractivity contribution in [3.8, 4) is 11.5 Å². The summed E-state index contributed by atoms with van der Waals surface area (Å²) in [5, 5.41) is 0. The summed E-state index contributed by atoms with van der Waals surface area (Å²) in [6.45, 7) is -0.790. The van der Waals surface area contributed by atoms with E-state index in [2.05, 4.69) is 9.47 Å². The summed E-state index contributed by atoms with van der Waals surface area (Å²) in [6.07, 6.45) is -4.99. The minimum absolute atomic E-state index is 0.0437. The highest BCUT2D eigenvalue weighted by molar-refractivity contribution is 6.03. The lowest BCUT2D eigenvalue weighted by Crippen LogP contribution is -2.39. The number of ether oxygens (including phenoxy) is 4. The number of benzene rings is 2. The van der Waals surface area contributed by atoms with E-state index in [0.717, 1.165) is 37.3 Å². The van der Waals surface area contributed by atoms with Crippen molar-refractivity contribution in [3.63, 3.8) is 0 Å². The van der Waals surface area contributed by atoms with Gasteiger partial charge in [-0.2, -0.15) is 13.2 Å². The molecule has 1 aliphatic heterocycles. The number of hydrogen-bond acceptors (Lipinski definition) is 7. The molecule has 0 spiro atoms. The summed E-state index contributed by atoms with van der Waals surface area (Å²) in [5.41, 5.74) is -2.69. The highest BCUT2D eigenvalue weighted by Crippen LogP contribution is 2.37. The Morgan fingerprint density at radius 2 is 1.56 bits per heavy atom. The quantitative estimate of drug-likeness (QED) is 0.456. The van der Waals surface area contributed by atoms with Gasteiger partial charge in [0.25, 0.3) is 0 Å². The van der Waals surface area contributed by atoms with Crippen molar-refractivity contribution in [3.05, 3.63) is 64.6 Å². The largest absolute Gasteiger partial charge is 0.466 e. The number of anilines is 1. The fraction of sp³-hybridized carbons (Fsp3) is 0.238. The van der Waals surface area contributed by atoms with Gasteiger partial charge in [-0.05, 0) is 24.3 Å². The summed E-state index contributed by atoms with van der Waals surface area (Å²) in [7, 11) is 2.06. The van der Waals surface area contributed by atoms with Crippen LogP contribution in [0.4, 0.5) is 32.0 Å². The zero-order valence-electron chi connectivity index (χ0n) is 17.5. The van der Waals surface area contributed by atoms with Crippen LogP contribution in [-0.4, -0.2) is 39.5 Å². The van der Waals surface area contributed by atoms with E-state index in [9.17, 15) is 35.9 Å². The van der Waals surface area contributed by atoms with E-state index < -0.39 is 70.7 Å².